The molecule has 1 aromatic heterocycles. The molecule has 0 saturated carbocycles. The smallest absolute Gasteiger partial charge is 0.263 e. The highest BCUT2D eigenvalue weighted by molar-refractivity contribution is 5.95. The van der Waals surface area contributed by atoms with Gasteiger partial charge in [0.25, 0.3) is 17.4 Å². The number of aromatic nitrogens is 2. The molecule has 36 heavy (non-hydrogen) atoms. The van der Waals surface area contributed by atoms with Gasteiger partial charge in [0, 0.05) is 41.4 Å². The van der Waals surface area contributed by atoms with Gasteiger partial charge in [0.05, 0.1) is 17.9 Å². The van der Waals surface area contributed by atoms with Crippen LogP contribution in [0.2, 0.25) is 0 Å². The Morgan fingerprint density at radius 1 is 1.08 bits per heavy atom. The van der Waals surface area contributed by atoms with Crippen molar-refractivity contribution in [3.63, 3.8) is 0 Å². The topological polar surface area (TPSA) is 96.3 Å². The van der Waals surface area contributed by atoms with Crippen molar-refractivity contribution < 1.29 is 9.59 Å². The summed E-state index contributed by atoms with van der Waals surface area (Å²) in [5.74, 6) is 2.61. The molecular formula is C28H29N5O3. The van der Waals surface area contributed by atoms with E-state index in [1.54, 1.807) is 60.5 Å². The van der Waals surface area contributed by atoms with E-state index in [4.69, 9.17) is 11.4 Å². The molecule has 1 aliphatic rings. The highest BCUT2D eigenvalue weighted by Crippen LogP contribution is 2.25. The van der Waals surface area contributed by atoms with Crippen molar-refractivity contribution in [2.75, 3.05) is 12.4 Å². The first-order chi connectivity index (χ1) is 17.2. The average Bonchev–Trinajstić information content (AvgIpc) is 2.88. The van der Waals surface area contributed by atoms with Crippen molar-refractivity contribution in [1.82, 2.24) is 19.8 Å². The van der Waals surface area contributed by atoms with Gasteiger partial charge in [-0.05, 0) is 75.7 Å². The van der Waals surface area contributed by atoms with Gasteiger partial charge in [-0.15, -0.1) is 6.42 Å². The number of nitrogens with zero attached hydrogens (tertiary/aromatic N) is 3. The molecule has 184 valence electrons. The van der Waals surface area contributed by atoms with Gasteiger partial charge in [-0.2, -0.15) is 0 Å². The molecule has 0 saturated heterocycles. The van der Waals surface area contributed by atoms with E-state index in [9.17, 15) is 14.4 Å². The summed E-state index contributed by atoms with van der Waals surface area (Å²) in [4.78, 5) is 45.5. The highest BCUT2D eigenvalue weighted by Gasteiger charge is 2.32. The molecule has 2 amide bonds. The minimum absolute atomic E-state index is 0.0151. The zero-order chi connectivity index (χ0) is 26.0. The summed E-state index contributed by atoms with van der Waals surface area (Å²) in [5.41, 5.74) is 3.32. The molecule has 4 rings (SSSR count). The van der Waals surface area contributed by atoms with Crippen LogP contribution in [0.5, 0.6) is 0 Å². The van der Waals surface area contributed by atoms with Crippen LogP contribution >= 0.6 is 0 Å². The zero-order valence-corrected chi connectivity index (χ0v) is 20.8. The van der Waals surface area contributed by atoms with Crippen LogP contribution in [0.3, 0.4) is 0 Å². The van der Waals surface area contributed by atoms with Crippen molar-refractivity contribution in [1.29, 1.82) is 0 Å². The predicted octanol–water partition coefficient (Wildman–Crippen LogP) is 2.98. The first kappa shape index (κ1) is 24.7. The Morgan fingerprint density at radius 2 is 1.72 bits per heavy atom. The third-order valence-corrected chi connectivity index (χ3v) is 6.21. The number of benzene rings is 2. The van der Waals surface area contributed by atoms with E-state index in [1.807, 2.05) is 20.8 Å². The lowest BCUT2D eigenvalue weighted by Crippen LogP contribution is -2.46. The van der Waals surface area contributed by atoms with Gasteiger partial charge in [-0.3, -0.25) is 14.4 Å². The highest BCUT2D eigenvalue weighted by atomic mass is 16.2. The first-order valence-electron chi connectivity index (χ1n) is 11.8. The molecule has 8 nitrogen and oxygen atoms in total. The largest absolute Gasteiger partial charge is 0.355 e. The second-order valence-corrected chi connectivity index (χ2v) is 9.13. The average molecular weight is 484 g/mol. The molecule has 2 N–H and O–H groups in total. The molecule has 2 aromatic carbocycles. The van der Waals surface area contributed by atoms with Crippen LogP contribution in [0.25, 0.3) is 5.69 Å². The van der Waals surface area contributed by atoms with Crippen LogP contribution in [0.1, 0.15) is 58.3 Å². The fourth-order valence-electron chi connectivity index (χ4n) is 4.31. The quantitative estimate of drug-likeness (QED) is 0.544. The van der Waals surface area contributed by atoms with E-state index >= 15 is 0 Å². The Labute approximate surface area is 210 Å². The van der Waals surface area contributed by atoms with Gasteiger partial charge in [-0.25, -0.2) is 9.55 Å². The van der Waals surface area contributed by atoms with Gasteiger partial charge < -0.3 is 15.5 Å². The second-order valence-electron chi connectivity index (χ2n) is 9.13. The molecule has 0 fully saturated rings. The lowest BCUT2D eigenvalue weighted by Gasteiger charge is -2.34. The van der Waals surface area contributed by atoms with Crippen molar-refractivity contribution in [3.05, 3.63) is 86.8 Å². The van der Waals surface area contributed by atoms with E-state index in [1.165, 1.54) is 4.57 Å². The van der Waals surface area contributed by atoms with Crippen LogP contribution in [-0.4, -0.2) is 45.4 Å². The monoisotopic (exact) mass is 483 g/mol. The fourth-order valence-corrected chi connectivity index (χ4v) is 4.31. The van der Waals surface area contributed by atoms with Gasteiger partial charge in [0.2, 0.25) is 5.95 Å². The molecular weight excluding hydrogens is 454 g/mol. The zero-order valence-electron chi connectivity index (χ0n) is 20.8. The number of fused-ring (bicyclic) bond motifs is 1. The number of carbonyl (C=O) groups excluding carboxylic acids is 2. The van der Waals surface area contributed by atoms with Crippen LogP contribution in [-0.2, 0) is 13.0 Å². The molecule has 3 aromatic rings. The second kappa shape index (κ2) is 10.1. The van der Waals surface area contributed by atoms with Crippen LogP contribution < -0.4 is 16.2 Å². The number of nitrogens with one attached hydrogen (secondary N) is 2. The normalized spacial score (nSPS) is 14.7. The minimum atomic E-state index is -0.203. The lowest BCUT2D eigenvalue weighted by molar-refractivity contribution is 0.0653. The SMILES string of the molecule is C#Cc1ccc(C(=O)N2Cc3nc(NC(C)C)n(-c4ccc(C(=O)NC)cc4)c(=O)c3C[C@H]2C)cc1. The molecule has 1 atom stereocenters. The van der Waals surface area contributed by atoms with Gasteiger partial charge in [-0.1, -0.05) is 5.92 Å². The number of hydrogen-bond donors (Lipinski definition) is 2. The minimum Gasteiger partial charge on any atom is -0.355 e. The molecule has 0 spiro atoms. The number of rotatable bonds is 5. The van der Waals surface area contributed by atoms with E-state index in [2.05, 4.69) is 16.6 Å². The van der Waals surface area contributed by atoms with Crippen LogP contribution in [0.4, 0.5) is 5.95 Å². The third-order valence-electron chi connectivity index (χ3n) is 6.21. The molecule has 0 unspecified atom stereocenters. The van der Waals surface area contributed by atoms with E-state index in [-0.39, 0.29) is 36.0 Å². The van der Waals surface area contributed by atoms with E-state index < -0.39 is 0 Å². The molecule has 2 heterocycles. The Balaban J connectivity index is 1.74. The van der Waals surface area contributed by atoms with Crippen LogP contribution in [0, 0.1) is 12.3 Å². The number of terminal acetylenes is 1. The van der Waals surface area contributed by atoms with E-state index in [0.29, 0.717) is 46.0 Å². The number of hydrogen-bond acceptors (Lipinski definition) is 5. The van der Waals surface area contributed by atoms with Gasteiger partial charge >= 0.3 is 0 Å². The van der Waals surface area contributed by atoms with Crippen molar-refractivity contribution in [3.8, 4) is 18.0 Å². The van der Waals surface area contributed by atoms with Crippen molar-refractivity contribution in [2.24, 2.45) is 0 Å². The summed E-state index contributed by atoms with van der Waals surface area (Å²) in [6, 6.07) is 13.6. The number of anilines is 1. The maximum absolute atomic E-state index is 13.7. The maximum Gasteiger partial charge on any atom is 0.263 e. The summed E-state index contributed by atoms with van der Waals surface area (Å²) in [6.45, 7) is 6.08. The van der Waals surface area contributed by atoms with Gasteiger partial charge in [0.15, 0.2) is 0 Å². The molecule has 0 bridgehead atoms. The molecule has 0 aliphatic carbocycles. The van der Waals surface area contributed by atoms with Crippen molar-refractivity contribution in [2.45, 2.75) is 45.8 Å². The first-order valence-corrected chi connectivity index (χ1v) is 11.8. The molecule has 8 heteroatoms. The Morgan fingerprint density at radius 3 is 2.31 bits per heavy atom. The summed E-state index contributed by atoms with van der Waals surface area (Å²) in [5, 5.41) is 5.85. The predicted molar refractivity (Wildman–Crippen MR) is 139 cm³/mol. The third kappa shape index (κ3) is 4.73. The lowest BCUT2D eigenvalue weighted by atomic mass is 9.98. The Bertz CT molecular complexity index is 1400. The van der Waals surface area contributed by atoms with Crippen molar-refractivity contribution >= 4 is 17.8 Å². The summed E-state index contributed by atoms with van der Waals surface area (Å²) in [7, 11) is 1.57. The molecule has 1 aliphatic heterocycles. The standard InChI is InChI=1S/C28H29N5O3/c1-6-19-7-9-21(10-8-19)26(35)32-16-24-23(15-18(32)4)27(36)33(28(31-24)30-17(2)3)22-13-11-20(12-14-22)25(34)29-5/h1,7-14,17-18H,15-16H2,2-5H3,(H,29,34)(H,30,31)/t18-/m1/s1. The molecule has 0 radical (unpaired) electrons. The summed E-state index contributed by atoms with van der Waals surface area (Å²) in [6.07, 6.45) is 5.81. The van der Waals surface area contributed by atoms with Crippen LogP contribution in [0.15, 0.2) is 53.3 Å². The van der Waals surface area contributed by atoms with E-state index in [0.717, 1.165) is 0 Å². The summed E-state index contributed by atoms with van der Waals surface area (Å²) >= 11 is 0. The Hall–Kier alpha value is -4.38. The summed E-state index contributed by atoms with van der Waals surface area (Å²) < 4.78 is 1.54. The maximum atomic E-state index is 13.7. The number of amides is 2. The fraction of sp³-hybridized carbons (Fsp3) is 0.286. The van der Waals surface area contributed by atoms with Gasteiger partial charge in [0.1, 0.15) is 0 Å². The number of carbonyl (C=O) groups is 2. The Kier molecular flexibility index (Phi) is 6.93.